The first kappa shape index (κ1) is 13.6. The van der Waals surface area contributed by atoms with Crippen molar-refractivity contribution in [3.8, 4) is 16.9 Å². The van der Waals surface area contributed by atoms with Crippen LogP contribution in [0.25, 0.3) is 21.2 Å². The lowest BCUT2D eigenvalue weighted by Crippen LogP contribution is -1.99. The predicted octanol–water partition coefficient (Wildman–Crippen LogP) is 4.36. The summed E-state index contributed by atoms with van der Waals surface area (Å²) in [6.45, 7) is 0. The highest BCUT2D eigenvalue weighted by molar-refractivity contribution is 7.21. The molecule has 0 bridgehead atoms. The number of benzene rings is 2. The largest absolute Gasteiger partial charge is 0.497 e. The molecule has 0 aliphatic carbocycles. The Morgan fingerprint density at radius 2 is 1.81 bits per heavy atom. The number of ether oxygens (including phenoxy) is 2. The Bertz CT molecular complexity index is 790. The molecule has 4 heteroatoms. The number of carbonyl (C=O) groups excluding carboxylic acids is 1. The first-order valence-corrected chi connectivity index (χ1v) is 7.30. The smallest absolute Gasteiger partial charge is 0.348 e. The fourth-order valence-electron chi connectivity index (χ4n) is 2.33. The van der Waals surface area contributed by atoms with Crippen LogP contribution in [-0.2, 0) is 4.74 Å². The number of thiophene rings is 1. The highest BCUT2D eigenvalue weighted by Gasteiger charge is 2.20. The van der Waals surface area contributed by atoms with Crippen molar-refractivity contribution in [1.29, 1.82) is 0 Å². The highest BCUT2D eigenvalue weighted by Crippen LogP contribution is 2.40. The normalized spacial score (nSPS) is 10.6. The molecule has 106 valence electrons. The van der Waals surface area contributed by atoms with Crippen molar-refractivity contribution in [3.63, 3.8) is 0 Å². The van der Waals surface area contributed by atoms with Gasteiger partial charge in [-0.25, -0.2) is 4.79 Å². The lowest BCUT2D eigenvalue weighted by molar-refractivity contribution is 0.0607. The second-order valence-corrected chi connectivity index (χ2v) is 5.58. The van der Waals surface area contributed by atoms with Crippen LogP contribution < -0.4 is 4.74 Å². The molecule has 0 saturated carbocycles. The second-order valence-electron chi connectivity index (χ2n) is 4.53. The summed E-state index contributed by atoms with van der Waals surface area (Å²) in [6, 6.07) is 15.7. The Morgan fingerprint density at radius 1 is 1.05 bits per heavy atom. The van der Waals surface area contributed by atoms with E-state index in [4.69, 9.17) is 9.47 Å². The Morgan fingerprint density at radius 3 is 2.48 bits per heavy atom. The molecule has 3 nitrogen and oxygen atoms in total. The molecular weight excluding hydrogens is 284 g/mol. The number of fused-ring (bicyclic) bond motifs is 1. The summed E-state index contributed by atoms with van der Waals surface area (Å²) in [7, 11) is 3.04. The van der Waals surface area contributed by atoms with Crippen molar-refractivity contribution >= 4 is 27.4 Å². The van der Waals surface area contributed by atoms with Gasteiger partial charge in [0.1, 0.15) is 10.6 Å². The number of carbonyl (C=O) groups is 1. The highest BCUT2D eigenvalue weighted by atomic mass is 32.1. The molecule has 0 amide bonds. The van der Waals surface area contributed by atoms with Crippen LogP contribution in [0.2, 0.25) is 0 Å². The van der Waals surface area contributed by atoms with E-state index in [1.54, 1.807) is 7.11 Å². The van der Waals surface area contributed by atoms with Gasteiger partial charge in [-0.15, -0.1) is 11.3 Å². The fraction of sp³-hybridized carbons (Fsp3) is 0.118. The third kappa shape index (κ3) is 2.38. The van der Waals surface area contributed by atoms with Crippen molar-refractivity contribution < 1.29 is 14.3 Å². The van der Waals surface area contributed by atoms with Gasteiger partial charge in [-0.1, -0.05) is 30.3 Å². The van der Waals surface area contributed by atoms with E-state index in [-0.39, 0.29) is 5.97 Å². The summed E-state index contributed by atoms with van der Waals surface area (Å²) < 4.78 is 11.3. The Hall–Kier alpha value is -2.33. The molecule has 0 radical (unpaired) electrons. The van der Waals surface area contributed by atoms with Crippen LogP contribution >= 0.6 is 11.3 Å². The monoisotopic (exact) mass is 298 g/mol. The lowest BCUT2D eigenvalue weighted by Gasteiger charge is -2.05. The van der Waals surface area contributed by atoms with Crippen molar-refractivity contribution in [2.75, 3.05) is 14.2 Å². The molecule has 0 unspecified atom stereocenters. The lowest BCUT2D eigenvalue weighted by atomic mass is 10.0. The van der Waals surface area contributed by atoms with Gasteiger partial charge in [-0.3, -0.25) is 0 Å². The maximum Gasteiger partial charge on any atom is 0.348 e. The van der Waals surface area contributed by atoms with E-state index >= 15 is 0 Å². The zero-order valence-corrected chi connectivity index (χ0v) is 12.6. The van der Waals surface area contributed by atoms with E-state index in [9.17, 15) is 4.79 Å². The molecule has 1 heterocycles. The van der Waals surface area contributed by atoms with Crippen LogP contribution in [0.3, 0.4) is 0 Å². The van der Waals surface area contributed by atoms with Crippen LogP contribution in [0.5, 0.6) is 5.75 Å². The van der Waals surface area contributed by atoms with Crippen LogP contribution in [0.4, 0.5) is 0 Å². The molecule has 0 atom stereocenters. The molecular formula is C17H14O3S. The zero-order chi connectivity index (χ0) is 14.8. The first-order valence-electron chi connectivity index (χ1n) is 6.49. The third-order valence-electron chi connectivity index (χ3n) is 3.33. The average Bonchev–Trinajstić information content (AvgIpc) is 2.93. The van der Waals surface area contributed by atoms with Crippen LogP contribution in [0, 0.1) is 0 Å². The maximum atomic E-state index is 12.1. The summed E-state index contributed by atoms with van der Waals surface area (Å²) in [5.41, 5.74) is 1.90. The number of hydrogen-bond donors (Lipinski definition) is 0. The maximum absolute atomic E-state index is 12.1. The van der Waals surface area contributed by atoms with Gasteiger partial charge in [0, 0.05) is 15.6 Å². The molecule has 21 heavy (non-hydrogen) atoms. The number of rotatable bonds is 3. The quantitative estimate of drug-likeness (QED) is 0.674. The van der Waals surface area contributed by atoms with Crippen LogP contribution in [-0.4, -0.2) is 20.2 Å². The van der Waals surface area contributed by atoms with E-state index in [1.165, 1.54) is 18.4 Å². The molecule has 0 aliphatic heterocycles. The Labute approximate surface area is 126 Å². The first-order chi connectivity index (χ1) is 10.2. The van der Waals surface area contributed by atoms with E-state index in [2.05, 4.69) is 0 Å². The van der Waals surface area contributed by atoms with Gasteiger partial charge in [0.05, 0.1) is 14.2 Å². The van der Waals surface area contributed by atoms with Crippen molar-refractivity contribution in [2.45, 2.75) is 0 Å². The van der Waals surface area contributed by atoms with E-state index in [0.29, 0.717) is 4.88 Å². The molecule has 0 N–H and O–H groups in total. The second kappa shape index (κ2) is 5.58. The minimum atomic E-state index is -0.311. The average molecular weight is 298 g/mol. The number of hydrogen-bond acceptors (Lipinski definition) is 4. The zero-order valence-electron chi connectivity index (χ0n) is 11.8. The minimum absolute atomic E-state index is 0.311. The van der Waals surface area contributed by atoms with Gasteiger partial charge in [0.2, 0.25) is 0 Å². The van der Waals surface area contributed by atoms with Gasteiger partial charge in [0.25, 0.3) is 0 Å². The molecule has 3 rings (SSSR count). The van der Waals surface area contributed by atoms with Gasteiger partial charge in [0.15, 0.2) is 0 Å². The van der Waals surface area contributed by atoms with E-state index < -0.39 is 0 Å². The van der Waals surface area contributed by atoms with E-state index in [1.807, 2.05) is 48.5 Å². The molecule has 0 fully saturated rings. The molecule has 3 aromatic rings. The van der Waals surface area contributed by atoms with Crippen molar-refractivity contribution in [2.24, 2.45) is 0 Å². The Kier molecular flexibility index (Phi) is 3.62. The van der Waals surface area contributed by atoms with Crippen LogP contribution in [0.15, 0.2) is 48.5 Å². The van der Waals surface area contributed by atoms with Gasteiger partial charge in [-0.05, 0) is 23.8 Å². The van der Waals surface area contributed by atoms with Crippen molar-refractivity contribution in [1.82, 2.24) is 0 Å². The van der Waals surface area contributed by atoms with Gasteiger partial charge < -0.3 is 9.47 Å². The topological polar surface area (TPSA) is 35.5 Å². The molecule has 2 aromatic carbocycles. The van der Waals surface area contributed by atoms with Gasteiger partial charge in [-0.2, -0.15) is 0 Å². The summed E-state index contributed by atoms with van der Waals surface area (Å²) >= 11 is 1.44. The third-order valence-corrected chi connectivity index (χ3v) is 4.48. The summed E-state index contributed by atoms with van der Waals surface area (Å²) in [5, 5.41) is 1.01. The van der Waals surface area contributed by atoms with Crippen molar-refractivity contribution in [3.05, 3.63) is 53.4 Å². The molecule has 0 spiro atoms. The SMILES string of the molecule is COC(=O)c1sc2ccc(OC)cc2c1-c1ccccc1. The number of esters is 1. The van der Waals surface area contributed by atoms with Crippen LogP contribution in [0.1, 0.15) is 9.67 Å². The summed E-state index contributed by atoms with van der Waals surface area (Å²) in [5.74, 6) is 0.461. The molecule has 0 saturated heterocycles. The summed E-state index contributed by atoms with van der Waals surface area (Å²) in [6.07, 6.45) is 0. The standard InChI is InChI=1S/C17H14O3S/c1-19-12-8-9-14-13(10-12)15(11-6-4-3-5-7-11)16(21-14)17(18)20-2/h3-10H,1-2H3. The Balaban J connectivity index is 2.33. The molecule has 0 aliphatic rings. The van der Waals surface area contributed by atoms with E-state index in [0.717, 1.165) is 27.0 Å². The minimum Gasteiger partial charge on any atom is -0.497 e. The molecule has 1 aromatic heterocycles. The summed E-state index contributed by atoms with van der Waals surface area (Å²) in [4.78, 5) is 12.7. The predicted molar refractivity (Wildman–Crippen MR) is 85.2 cm³/mol. The fourth-order valence-corrected chi connectivity index (χ4v) is 3.46. The van der Waals surface area contributed by atoms with Gasteiger partial charge >= 0.3 is 5.97 Å². The number of methoxy groups -OCH3 is 2.